The second-order valence-corrected chi connectivity index (χ2v) is 4.45. The van der Waals surface area contributed by atoms with Gasteiger partial charge in [-0.15, -0.1) is 0 Å². The van der Waals surface area contributed by atoms with Gasteiger partial charge in [0, 0.05) is 31.9 Å². The summed E-state index contributed by atoms with van der Waals surface area (Å²) in [5.41, 5.74) is 2.65. The van der Waals surface area contributed by atoms with E-state index in [1.54, 1.807) is 13.4 Å². The summed E-state index contributed by atoms with van der Waals surface area (Å²) in [7, 11) is 3.52. The highest BCUT2D eigenvalue weighted by Gasteiger charge is 2.06. The second-order valence-electron chi connectivity index (χ2n) is 4.45. The lowest BCUT2D eigenvalue weighted by Gasteiger charge is -2.12. The van der Waals surface area contributed by atoms with Crippen LogP contribution >= 0.6 is 0 Å². The van der Waals surface area contributed by atoms with Gasteiger partial charge in [0.1, 0.15) is 5.75 Å². The topological polar surface area (TPSA) is 68.2 Å². The molecule has 0 aliphatic rings. The van der Waals surface area contributed by atoms with Gasteiger partial charge in [0.05, 0.1) is 31.4 Å². The fourth-order valence-corrected chi connectivity index (χ4v) is 1.84. The smallest absolute Gasteiger partial charge is 0.221 e. The fourth-order valence-electron chi connectivity index (χ4n) is 1.84. The third-order valence-electron chi connectivity index (χ3n) is 2.90. The predicted octanol–water partition coefficient (Wildman–Crippen LogP) is 2.00. The molecule has 0 fully saturated rings. The van der Waals surface area contributed by atoms with Crippen molar-refractivity contribution in [1.82, 2.24) is 9.55 Å². The number of amides is 1. The van der Waals surface area contributed by atoms with Crippen molar-refractivity contribution in [1.29, 1.82) is 0 Å². The van der Waals surface area contributed by atoms with Crippen LogP contribution in [0.15, 0.2) is 30.7 Å². The molecule has 0 aliphatic carbocycles. The average molecular weight is 274 g/mol. The summed E-state index contributed by atoms with van der Waals surface area (Å²) in [6.45, 7) is 2.13. The van der Waals surface area contributed by atoms with Crippen LogP contribution in [0.5, 0.6) is 5.75 Å². The fraction of sp³-hybridized carbons (Fsp3) is 0.286. The predicted molar refractivity (Wildman–Crippen MR) is 77.8 cm³/mol. The van der Waals surface area contributed by atoms with Crippen LogP contribution in [-0.2, 0) is 18.4 Å². The van der Waals surface area contributed by atoms with Gasteiger partial charge in [-0.3, -0.25) is 4.79 Å². The zero-order chi connectivity index (χ0) is 14.5. The molecule has 20 heavy (non-hydrogen) atoms. The lowest BCUT2D eigenvalue weighted by atomic mass is 10.2. The normalized spacial score (nSPS) is 10.2. The summed E-state index contributed by atoms with van der Waals surface area (Å²) in [4.78, 5) is 15.2. The minimum Gasteiger partial charge on any atom is -0.494 e. The molecule has 0 aliphatic heterocycles. The number of anilines is 2. The van der Waals surface area contributed by atoms with Gasteiger partial charge in [-0.1, -0.05) is 0 Å². The molecule has 6 nitrogen and oxygen atoms in total. The molecule has 106 valence electrons. The zero-order valence-electron chi connectivity index (χ0n) is 11.8. The van der Waals surface area contributed by atoms with E-state index >= 15 is 0 Å². The molecule has 2 N–H and O–H groups in total. The quantitative estimate of drug-likeness (QED) is 0.875. The average Bonchev–Trinajstić information content (AvgIpc) is 2.82. The highest BCUT2D eigenvalue weighted by atomic mass is 16.5. The Morgan fingerprint density at radius 3 is 2.85 bits per heavy atom. The van der Waals surface area contributed by atoms with E-state index in [0.29, 0.717) is 18.0 Å². The van der Waals surface area contributed by atoms with E-state index in [9.17, 15) is 4.79 Å². The molecule has 0 atom stereocenters. The number of aryl methyl sites for hydroxylation is 1. The first-order valence-electron chi connectivity index (χ1n) is 6.25. The molecule has 0 spiro atoms. The van der Waals surface area contributed by atoms with Crippen molar-refractivity contribution in [3.63, 3.8) is 0 Å². The SMILES string of the molecule is COc1cc(NCc2cncn2C)ccc1NC(C)=O. The Kier molecular flexibility index (Phi) is 4.24. The minimum atomic E-state index is -0.126. The van der Waals surface area contributed by atoms with Crippen molar-refractivity contribution in [3.8, 4) is 5.75 Å². The molecule has 2 rings (SSSR count). The number of hydrogen-bond acceptors (Lipinski definition) is 4. The maximum atomic E-state index is 11.1. The van der Waals surface area contributed by atoms with E-state index in [1.807, 2.05) is 36.0 Å². The van der Waals surface area contributed by atoms with Crippen molar-refractivity contribution >= 4 is 17.3 Å². The molecule has 0 bridgehead atoms. The van der Waals surface area contributed by atoms with E-state index in [2.05, 4.69) is 15.6 Å². The van der Waals surface area contributed by atoms with Crippen molar-refractivity contribution in [2.75, 3.05) is 17.7 Å². The van der Waals surface area contributed by atoms with Crippen LogP contribution in [0.3, 0.4) is 0 Å². The van der Waals surface area contributed by atoms with E-state index in [0.717, 1.165) is 11.4 Å². The van der Waals surface area contributed by atoms with Crippen LogP contribution in [0.2, 0.25) is 0 Å². The molecule has 1 aromatic carbocycles. The lowest BCUT2D eigenvalue weighted by molar-refractivity contribution is -0.114. The molecule has 0 unspecified atom stereocenters. The molecule has 6 heteroatoms. The second kappa shape index (κ2) is 6.10. The first-order chi connectivity index (χ1) is 9.60. The Bertz CT molecular complexity index is 607. The lowest BCUT2D eigenvalue weighted by Crippen LogP contribution is -2.08. The number of ether oxygens (including phenoxy) is 1. The molecular weight excluding hydrogens is 256 g/mol. The summed E-state index contributed by atoms with van der Waals surface area (Å²) in [6.07, 6.45) is 3.58. The molecule has 0 saturated heterocycles. The standard InChI is InChI=1S/C14H18N4O2/c1-10(19)17-13-5-4-11(6-14(13)20-3)16-8-12-7-15-9-18(12)2/h4-7,9,16H,8H2,1-3H3,(H,17,19). The summed E-state index contributed by atoms with van der Waals surface area (Å²) in [5.74, 6) is 0.495. The van der Waals surface area contributed by atoms with E-state index in [1.165, 1.54) is 6.92 Å². The number of hydrogen-bond donors (Lipinski definition) is 2. The molecule has 0 saturated carbocycles. The van der Waals surface area contributed by atoms with E-state index in [4.69, 9.17) is 4.74 Å². The van der Waals surface area contributed by atoms with Crippen LogP contribution in [0.4, 0.5) is 11.4 Å². The monoisotopic (exact) mass is 274 g/mol. The Labute approximate surface area is 117 Å². The van der Waals surface area contributed by atoms with Crippen molar-refractivity contribution in [2.45, 2.75) is 13.5 Å². The largest absolute Gasteiger partial charge is 0.494 e. The number of aromatic nitrogens is 2. The van der Waals surface area contributed by atoms with E-state index in [-0.39, 0.29) is 5.91 Å². The van der Waals surface area contributed by atoms with Crippen molar-refractivity contribution < 1.29 is 9.53 Å². The van der Waals surface area contributed by atoms with Crippen LogP contribution in [0.25, 0.3) is 0 Å². The summed E-state index contributed by atoms with van der Waals surface area (Å²) >= 11 is 0. The van der Waals surface area contributed by atoms with Crippen LogP contribution in [-0.4, -0.2) is 22.6 Å². The van der Waals surface area contributed by atoms with Crippen molar-refractivity contribution in [3.05, 3.63) is 36.4 Å². The highest BCUT2D eigenvalue weighted by molar-refractivity contribution is 5.90. The molecule has 2 aromatic rings. The zero-order valence-corrected chi connectivity index (χ0v) is 11.8. The van der Waals surface area contributed by atoms with Crippen LogP contribution < -0.4 is 15.4 Å². The first kappa shape index (κ1) is 13.9. The number of benzene rings is 1. The maximum Gasteiger partial charge on any atom is 0.221 e. The Morgan fingerprint density at radius 2 is 2.25 bits per heavy atom. The number of imidazole rings is 1. The Balaban J connectivity index is 2.09. The Morgan fingerprint density at radius 1 is 1.45 bits per heavy atom. The van der Waals surface area contributed by atoms with Crippen LogP contribution in [0.1, 0.15) is 12.6 Å². The van der Waals surface area contributed by atoms with Gasteiger partial charge < -0.3 is 19.9 Å². The van der Waals surface area contributed by atoms with Crippen LogP contribution in [0, 0.1) is 0 Å². The van der Waals surface area contributed by atoms with Crippen molar-refractivity contribution in [2.24, 2.45) is 7.05 Å². The van der Waals surface area contributed by atoms with Gasteiger partial charge in [-0.2, -0.15) is 0 Å². The number of carbonyl (C=O) groups excluding carboxylic acids is 1. The highest BCUT2D eigenvalue weighted by Crippen LogP contribution is 2.28. The van der Waals surface area contributed by atoms with Gasteiger partial charge in [0.15, 0.2) is 0 Å². The summed E-state index contributed by atoms with van der Waals surface area (Å²) < 4.78 is 7.23. The summed E-state index contributed by atoms with van der Waals surface area (Å²) in [6, 6.07) is 5.55. The molecule has 1 heterocycles. The van der Waals surface area contributed by atoms with Gasteiger partial charge in [0.25, 0.3) is 0 Å². The molecule has 1 aromatic heterocycles. The van der Waals surface area contributed by atoms with Gasteiger partial charge in [-0.05, 0) is 12.1 Å². The summed E-state index contributed by atoms with van der Waals surface area (Å²) in [5, 5.41) is 6.01. The van der Waals surface area contributed by atoms with Gasteiger partial charge >= 0.3 is 0 Å². The maximum absolute atomic E-state index is 11.1. The van der Waals surface area contributed by atoms with E-state index < -0.39 is 0 Å². The van der Waals surface area contributed by atoms with Gasteiger partial charge in [-0.25, -0.2) is 4.98 Å². The first-order valence-corrected chi connectivity index (χ1v) is 6.25. The number of methoxy groups -OCH3 is 1. The van der Waals surface area contributed by atoms with Gasteiger partial charge in [0.2, 0.25) is 5.91 Å². The number of nitrogens with zero attached hydrogens (tertiary/aromatic N) is 2. The number of carbonyl (C=O) groups is 1. The molecule has 0 radical (unpaired) electrons. The third-order valence-corrected chi connectivity index (χ3v) is 2.90. The number of rotatable bonds is 5. The third kappa shape index (κ3) is 3.28. The molecular formula is C14H18N4O2. The number of nitrogens with one attached hydrogen (secondary N) is 2. The minimum absolute atomic E-state index is 0.126. The molecule has 1 amide bonds. The Hall–Kier alpha value is -2.50.